The van der Waals surface area contributed by atoms with Crippen LogP contribution in [-0.4, -0.2) is 36.8 Å². The van der Waals surface area contributed by atoms with Gasteiger partial charge in [0.15, 0.2) is 23.0 Å². The average Bonchev–Trinajstić information content (AvgIpc) is 3.11. The van der Waals surface area contributed by atoms with Gasteiger partial charge in [0.2, 0.25) is 11.2 Å². The van der Waals surface area contributed by atoms with Gasteiger partial charge in [-0.15, -0.1) is 0 Å². The van der Waals surface area contributed by atoms with Crippen LogP contribution in [0.2, 0.25) is 0 Å². The second-order valence-electron chi connectivity index (χ2n) is 5.96. The molecule has 2 aliphatic heterocycles. The molecule has 0 spiro atoms. The van der Waals surface area contributed by atoms with Crippen molar-refractivity contribution in [1.29, 1.82) is 0 Å². The van der Waals surface area contributed by atoms with Gasteiger partial charge >= 0.3 is 0 Å². The molecule has 2 N–H and O–H groups in total. The van der Waals surface area contributed by atoms with Crippen molar-refractivity contribution < 1.29 is 23.7 Å². The van der Waals surface area contributed by atoms with Gasteiger partial charge in [0.05, 0.1) is 10.2 Å². The fourth-order valence-corrected chi connectivity index (χ4v) is 3.69. The first-order valence-electron chi connectivity index (χ1n) is 8.41. The van der Waals surface area contributed by atoms with Crippen molar-refractivity contribution in [2.75, 3.05) is 25.2 Å². The van der Waals surface area contributed by atoms with Crippen molar-refractivity contribution in [2.24, 2.45) is 0 Å². The summed E-state index contributed by atoms with van der Waals surface area (Å²) in [5, 5.41) is 0.554. The normalized spacial score (nSPS) is 17.4. The molecule has 2 aromatic carbocycles. The zero-order chi connectivity index (χ0) is 18.2. The largest absolute Gasteiger partial charge is 0.486 e. The molecule has 0 saturated carbocycles. The number of carbonyl (C=O) groups excluding carboxylic acids is 1. The third-order valence-electron chi connectivity index (χ3n) is 4.15. The van der Waals surface area contributed by atoms with E-state index in [0.717, 1.165) is 10.2 Å². The predicted molar refractivity (Wildman–Crippen MR) is 98.7 cm³/mol. The number of rotatable bonds is 3. The van der Waals surface area contributed by atoms with Gasteiger partial charge in [-0.3, -0.25) is 15.6 Å². The summed E-state index contributed by atoms with van der Waals surface area (Å²) in [5.74, 6) is 2.23. The number of nitrogens with one attached hydrogen (secondary N) is 2. The SMILES string of the molecule is O=C(NNc1nc2cc3c(cc2s1)OCCO3)C1COc2ccccc2O1. The van der Waals surface area contributed by atoms with E-state index in [0.29, 0.717) is 41.3 Å². The third kappa shape index (κ3) is 3.06. The Balaban J connectivity index is 1.26. The monoisotopic (exact) mass is 385 g/mol. The number of para-hydroxylation sites is 2. The van der Waals surface area contributed by atoms with Gasteiger partial charge in [0.25, 0.3) is 5.91 Å². The molecule has 0 radical (unpaired) electrons. The maximum Gasteiger partial charge on any atom is 0.283 e. The fourth-order valence-electron chi connectivity index (χ4n) is 2.86. The Kier molecular flexibility index (Phi) is 3.86. The lowest BCUT2D eigenvalue weighted by Crippen LogP contribution is -2.45. The highest BCUT2D eigenvalue weighted by atomic mass is 32.1. The van der Waals surface area contributed by atoms with Crippen LogP contribution in [0.3, 0.4) is 0 Å². The molecule has 9 heteroatoms. The number of aromatic nitrogens is 1. The van der Waals surface area contributed by atoms with Crippen LogP contribution in [0.25, 0.3) is 10.2 Å². The number of hydrogen-bond donors (Lipinski definition) is 2. The molecule has 2 aliphatic rings. The molecule has 1 atom stereocenters. The standard InChI is InChI=1S/C18H15N3O5S/c22-17(15-9-25-11-3-1-2-4-12(11)26-15)20-21-18-19-10-7-13-14(8-16(10)27-18)24-6-5-23-13/h1-4,7-8,15H,5-6,9H2,(H,19,21)(H,20,22). The van der Waals surface area contributed by atoms with E-state index in [1.165, 1.54) is 11.3 Å². The van der Waals surface area contributed by atoms with Crippen molar-refractivity contribution in [3.8, 4) is 23.0 Å². The Morgan fingerprint density at radius 3 is 2.67 bits per heavy atom. The molecule has 1 aromatic heterocycles. The topological polar surface area (TPSA) is 90.9 Å². The Morgan fingerprint density at radius 2 is 1.81 bits per heavy atom. The van der Waals surface area contributed by atoms with E-state index in [2.05, 4.69) is 15.8 Å². The molecule has 3 aromatic rings. The minimum atomic E-state index is -0.740. The first kappa shape index (κ1) is 16.0. The second-order valence-corrected chi connectivity index (χ2v) is 6.99. The van der Waals surface area contributed by atoms with Crippen molar-refractivity contribution in [3.05, 3.63) is 36.4 Å². The van der Waals surface area contributed by atoms with Crippen molar-refractivity contribution in [1.82, 2.24) is 10.4 Å². The second kappa shape index (κ2) is 6.51. The number of nitrogens with zero attached hydrogens (tertiary/aromatic N) is 1. The van der Waals surface area contributed by atoms with Gasteiger partial charge in [0.1, 0.15) is 19.8 Å². The van der Waals surface area contributed by atoms with E-state index in [4.69, 9.17) is 18.9 Å². The predicted octanol–water partition coefficient (Wildman–Crippen LogP) is 2.35. The van der Waals surface area contributed by atoms with Crippen LogP contribution in [0.5, 0.6) is 23.0 Å². The highest BCUT2D eigenvalue weighted by molar-refractivity contribution is 7.22. The van der Waals surface area contributed by atoms with Gasteiger partial charge in [-0.25, -0.2) is 4.98 Å². The quantitative estimate of drug-likeness (QED) is 0.669. The van der Waals surface area contributed by atoms with E-state index in [1.54, 1.807) is 12.1 Å². The summed E-state index contributed by atoms with van der Waals surface area (Å²) < 4.78 is 23.3. The zero-order valence-electron chi connectivity index (χ0n) is 14.1. The molecular weight excluding hydrogens is 370 g/mol. The van der Waals surface area contributed by atoms with Crippen molar-refractivity contribution in [2.45, 2.75) is 6.10 Å². The molecule has 27 heavy (non-hydrogen) atoms. The first-order valence-corrected chi connectivity index (χ1v) is 9.22. The number of carbonyl (C=O) groups is 1. The molecule has 0 fully saturated rings. The summed E-state index contributed by atoms with van der Waals surface area (Å²) in [6, 6.07) is 11.0. The molecule has 0 aliphatic carbocycles. The average molecular weight is 385 g/mol. The van der Waals surface area contributed by atoms with Gasteiger partial charge < -0.3 is 18.9 Å². The molecule has 5 rings (SSSR count). The van der Waals surface area contributed by atoms with Crippen LogP contribution in [-0.2, 0) is 4.79 Å². The van der Waals surface area contributed by atoms with Gasteiger partial charge in [0, 0.05) is 12.1 Å². The number of benzene rings is 2. The van der Waals surface area contributed by atoms with Crippen LogP contribution < -0.4 is 29.8 Å². The van der Waals surface area contributed by atoms with Gasteiger partial charge in [-0.05, 0) is 12.1 Å². The molecule has 1 unspecified atom stereocenters. The number of hydrazine groups is 1. The third-order valence-corrected chi connectivity index (χ3v) is 5.08. The summed E-state index contributed by atoms with van der Waals surface area (Å²) in [6.07, 6.45) is -0.740. The molecule has 1 amide bonds. The molecule has 8 nitrogen and oxygen atoms in total. The maximum atomic E-state index is 12.4. The van der Waals surface area contributed by atoms with Gasteiger partial charge in [-0.1, -0.05) is 23.5 Å². The number of anilines is 1. The number of hydrogen-bond acceptors (Lipinski definition) is 8. The highest BCUT2D eigenvalue weighted by Gasteiger charge is 2.27. The summed E-state index contributed by atoms with van der Waals surface area (Å²) in [4.78, 5) is 16.8. The molecule has 0 bridgehead atoms. The van der Waals surface area contributed by atoms with Crippen molar-refractivity contribution in [3.63, 3.8) is 0 Å². The highest BCUT2D eigenvalue weighted by Crippen LogP contribution is 2.37. The van der Waals surface area contributed by atoms with E-state index < -0.39 is 6.10 Å². The fraction of sp³-hybridized carbons (Fsp3) is 0.222. The number of thiazole rings is 1. The Morgan fingerprint density at radius 1 is 1.04 bits per heavy atom. The van der Waals surface area contributed by atoms with Crippen molar-refractivity contribution >= 4 is 32.6 Å². The van der Waals surface area contributed by atoms with E-state index in [9.17, 15) is 4.79 Å². The summed E-state index contributed by atoms with van der Waals surface area (Å²) in [7, 11) is 0. The Bertz CT molecular complexity index is 978. The van der Waals surface area contributed by atoms with Crippen LogP contribution in [0, 0.1) is 0 Å². The minimum absolute atomic E-state index is 0.145. The van der Waals surface area contributed by atoms with Crippen LogP contribution >= 0.6 is 11.3 Å². The number of ether oxygens (including phenoxy) is 4. The number of fused-ring (bicyclic) bond motifs is 3. The summed E-state index contributed by atoms with van der Waals surface area (Å²) in [5.41, 5.74) is 6.23. The smallest absolute Gasteiger partial charge is 0.283 e. The van der Waals surface area contributed by atoms with E-state index >= 15 is 0 Å². The summed E-state index contributed by atoms with van der Waals surface area (Å²) >= 11 is 1.40. The Labute approximate surface area is 158 Å². The maximum absolute atomic E-state index is 12.4. The molecule has 3 heterocycles. The van der Waals surface area contributed by atoms with E-state index in [1.807, 2.05) is 24.3 Å². The lowest BCUT2D eigenvalue weighted by Gasteiger charge is -2.25. The molecule has 138 valence electrons. The molecule has 0 saturated heterocycles. The van der Waals surface area contributed by atoms with Crippen LogP contribution in [0.15, 0.2) is 36.4 Å². The summed E-state index contributed by atoms with van der Waals surface area (Å²) in [6.45, 7) is 1.20. The van der Waals surface area contributed by atoms with E-state index in [-0.39, 0.29) is 12.5 Å². The van der Waals surface area contributed by atoms with Crippen LogP contribution in [0.4, 0.5) is 5.13 Å². The lowest BCUT2D eigenvalue weighted by atomic mass is 10.2. The minimum Gasteiger partial charge on any atom is -0.486 e. The Hall–Kier alpha value is -3.20. The molecular formula is C18H15N3O5S. The number of amides is 1. The van der Waals surface area contributed by atoms with Crippen LogP contribution in [0.1, 0.15) is 0 Å². The zero-order valence-corrected chi connectivity index (χ0v) is 14.9. The van der Waals surface area contributed by atoms with Gasteiger partial charge in [-0.2, -0.15) is 0 Å². The lowest BCUT2D eigenvalue weighted by molar-refractivity contribution is -0.129. The first-order chi connectivity index (χ1) is 13.3.